The Morgan fingerprint density at radius 2 is 1.87 bits per heavy atom. The molecule has 2 aromatic rings. The van der Waals surface area contributed by atoms with Gasteiger partial charge in [0.2, 0.25) is 0 Å². The van der Waals surface area contributed by atoms with E-state index >= 15 is 0 Å². The van der Waals surface area contributed by atoms with Crippen molar-refractivity contribution in [3.05, 3.63) is 68.7 Å². The summed E-state index contributed by atoms with van der Waals surface area (Å²) < 4.78 is 16.4. The second-order valence-corrected chi connectivity index (χ2v) is 9.53. The van der Waals surface area contributed by atoms with Gasteiger partial charge in [-0.1, -0.05) is 49.7 Å². The molecule has 2 amide bonds. The minimum Gasteiger partial charge on any atom is -0.493 e. The number of nitrogens with zero attached hydrogens (tertiary/aromatic N) is 2. The van der Waals surface area contributed by atoms with Gasteiger partial charge in [-0.2, -0.15) is 5.10 Å². The standard InChI is InChI=1S/C26H30Cl2N4O7/c1-6-9-38-24-17(11-19(32(35)36)13-23(24)37-5)14-29-31-26(34)21(10-15(2)3)30-25(33)16(4)39-22-8-7-18(27)12-20(22)28/h6-8,11-16,21H,1,9-10H2,2-5H3,(H,30,33)(H,31,34)/b29-14-/t16-,21+/m0/s1. The molecule has 0 bridgehead atoms. The minimum absolute atomic E-state index is 0.0481. The number of hydrazone groups is 1. The molecule has 39 heavy (non-hydrogen) atoms. The van der Waals surface area contributed by atoms with E-state index in [0.29, 0.717) is 11.4 Å². The number of halogens is 2. The molecule has 0 saturated heterocycles. The summed E-state index contributed by atoms with van der Waals surface area (Å²) in [5.74, 6) is -0.546. The predicted octanol–water partition coefficient (Wildman–Crippen LogP) is 4.92. The highest BCUT2D eigenvalue weighted by Crippen LogP contribution is 2.35. The zero-order valence-electron chi connectivity index (χ0n) is 21.9. The summed E-state index contributed by atoms with van der Waals surface area (Å²) >= 11 is 12.0. The molecule has 13 heteroatoms. The Balaban J connectivity index is 2.19. The smallest absolute Gasteiger partial charge is 0.274 e. The molecular weight excluding hydrogens is 551 g/mol. The number of carbonyl (C=O) groups excluding carboxylic acids is 2. The lowest BCUT2D eigenvalue weighted by Gasteiger charge is -2.22. The number of hydrogen-bond acceptors (Lipinski definition) is 8. The lowest BCUT2D eigenvalue weighted by molar-refractivity contribution is -0.385. The molecule has 0 heterocycles. The SMILES string of the molecule is C=CCOc1c(/C=N\NC(=O)[C@@H](CC(C)C)NC(=O)[C@H](C)Oc2ccc(Cl)cc2Cl)cc([N+](=O)[O-])cc1OC. The third kappa shape index (κ3) is 9.45. The fraction of sp³-hybridized carbons (Fsp3) is 0.346. The number of hydrogen-bond donors (Lipinski definition) is 2. The molecular formula is C26H30Cl2N4O7. The van der Waals surface area contributed by atoms with Crippen LogP contribution >= 0.6 is 23.2 Å². The Kier molecular flexibility index (Phi) is 12.0. The van der Waals surface area contributed by atoms with E-state index in [2.05, 4.69) is 22.4 Å². The molecule has 2 aromatic carbocycles. The second-order valence-electron chi connectivity index (χ2n) is 8.68. The molecule has 0 aliphatic heterocycles. The van der Waals surface area contributed by atoms with Crippen LogP contribution in [0.25, 0.3) is 0 Å². The number of nitro benzene ring substituents is 1. The number of nitrogens with one attached hydrogen (secondary N) is 2. The topological polar surface area (TPSA) is 141 Å². The molecule has 2 atom stereocenters. The molecule has 0 saturated carbocycles. The normalized spacial score (nSPS) is 12.5. The highest BCUT2D eigenvalue weighted by molar-refractivity contribution is 6.35. The first-order chi connectivity index (χ1) is 18.5. The van der Waals surface area contributed by atoms with Crippen molar-refractivity contribution < 1.29 is 28.7 Å². The number of nitro groups is 1. The fourth-order valence-electron chi connectivity index (χ4n) is 3.31. The van der Waals surface area contributed by atoms with Crippen molar-refractivity contribution in [1.82, 2.24) is 10.7 Å². The van der Waals surface area contributed by atoms with E-state index in [0.717, 1.165) is 0 Å². The number of carbonyl (C=O) groups is 2. The summed E-state index contributed by atoms with van der Waals surface area (Å²) in [4.78, 5) is 36.5. The Labute approximate surface area is 236 Å². The lowest BCUT2D eigenvalue weighted by Crippen LogP contribution is -2.49. The molecule has 0 radical (unpaired) electrons. The Hall–Kier alpha value is -3.83. The highest BCUT2D eigenvalue weighted by atomic mass is 35.5. The highest BCUT2D eigenvalue weighted by Gasteiger charge is 2.26. The van der Waals surface area contributed by atoms with Crippen LogP contribution in [-0.2, 0) is 9.59 Å². The zero-order valence-corrected chi connectivity index (χ0v) is 23.4. The van der Waals surface area contributed by atoms with Crippen LogP contribution in [0, 0.1) is 16.0 Å². The van der Waals surface area contributed by atoms with E-state index in [-0.39, 0.29) is 46.0 Å². The maximum absolute atomic E-state index is 12.9. The molecule has 0 spiro atoms. The Morgan fingerprint density at radius 1 is 1.15 bits per heavy atom. The van der Waals surface area contributed by atoms with Crippen LogP contribution in [0.2, 0.25) is 10.0 Å². The average molecular weight is 581 g/mol. The van der Waals surface area contributed by atoms with E-state index < -0.39 is 28.9 Å². The van der Waals surface area contributed by atoms with Gasteiger partial charge < -0.3 is 19.5 Å². The summed E-state index contributed by atoms with van der Waals surface area (Å²) in [7, 11) is 1.34. The van der Waals surface area contributed by atoms with Crippen molar-refractivity contribution in [3.63, 3.8) is 0 Å². The summed E-state index contributed by atoms with van der Waals surface area (Å²) in [6, 6.07) is 6.09. The summed E-state index contributed by atoms with van der Waals surface area (Å²) in [5, 5.41) is 18.6. The van der Waals surface area contributed by atoms with Gasteiger partial charge in [-0.25, -0.2) is 5.43 Å². The van der Waals surface area contributed by atoms with E-state index in [4.69, 9.17) is 37.4 Å². The third-order valence-corrected chi connectivity index (χ3v) is 5.66. The van der Waals surface area contributed by atoms with Crippen LogP contribution in [0.5, 0.6) is 17.2 Å². The molecule has 2 N–H and O–H groups in total. The molecule has 2 rings (SSSR count). The molecule has 0 aliphatic rings. The van der Waals surface area contributed by atoms with Crippen LogP contribution in [0.4, 0.5) is 5.69 Å². The first kappa shape index (κ1) is 31.4. The van der Waals surface area contributed by atoms with Gasteiger partial charge in [0.05, 0.1) is 29.3 Å². The van der Waals surface area contributed by atoms with Crippen LogP contribution in [0.3, 0.4) is 0 Å². The van der Waals surface area contributed by atoms with E-state index in [9.17, 15) is 19.7 Å². The van der Waals surface area contributed by atoms with Crippen molar-refractivity contribution in [3.8, 4) is 17.2 Å². The monoisotopic (exact) mass is 580 g/mol. The van der Waals surface area contributed by atoms with Crippen molar-refractivity contribution in [2.75, 3.05) is 13.7 Å². The zero-order chi connectivity index (χ0) is 29.1. The van der Waals surface area contributed by atoms with Gasteiger partial charge in [-0.3, -0.25) is 19.7 Å². The minimum atomic E-state index is -0.975. The number of rotatable bonds is 14. The van der Waals surface area contributed by atoms with Gasteiger partial charge in [0.25, 0.3) is 17.5 Å². The van der Waals surface area contributed by atoms with Crippen molar-refractivity contribution in [1.29, 1.82) is 0 Å². The number of non-ortho nitro benzene ring substituents is 1. The van der Waals surface area contributed by atoms with Crippen LogP contribution in [-0.4, -0.2) is 48.8 Å². The third-order valence-electron chi connectivity index (χ3n) is 5.13. The number of ether oxygens (including phenoxy) is 3. The van der Waals surface area contributed by atoms with Gasteiger partial charge in [0.15, 0.2) is 17.6 Å². The largest absolute Gasteiger partial charge is 0.493 e. The molecule has 11 nitrogen and oxygen atoms in total. The fourth-order valence-corrected chi connectivity index (χ4v) is 3.76. The first-order valence-electron chi connectivity index (χ1n) is 11.8. The number of amides is 2. The predicted molar refractivity (Wildman–Crippen MR) is 149 cm³/mol. The Bertz CT molecular complexity index is 1240. The lowest BCUT2D eigenvalue weighted by atomic mass is 10.0. The van der Waals surface area contributed by atoms with Gasteiger partial charge in [-0.15, -0.1) is 0 Å². The van der Waals surface area contributed by atoms with Crippen LogP contribution in [0.15, 0.2) is 48.1 Å². The molecule has 0 aliphatic carbocycles. The van der Waals surface area contributed by atoms with E-state index in [1.54, 1.807) is 6.07 Å². The second kappa shape index (κ2) is 14.9. The van der Waals surface area contributed by atoms with E-state index in [1.807, 2.05) is 13.8 Å². The van der Waals surface area contributed by atoms with Crippen LogP contribution < -0.4 is 25.0 Å². The quantitative estimate of drug-likeness (QED) is 0.140. The van der Waals surface area contributed by atoms with Crippen LogP contribution in [0.1, 0.15) is 32.8 Å². The number of benzene rings is 2. The van der Waals surface area contributed by atoms with Crippen molar-refractivity contribution in [2.45, 2.75) is 39.3 Å². The van der Waals surface area contributed by atoms with Gasteiger partial charge in [0, 0.05) is 16.7 Å². The van der Waals surface area contributed by atoms with Gasteiger partial charge >= 0.3 is 0 Å². The average Bonchev–Trinajstić information content (AvgIpc) is 2.88. The van der Waals surface area contributed by atoms with Crippen molar-refractivity contribution >= 4 is 46.9 Å². The summed E-state index contributed by atoms with van der Waals surface area (Å²) in [6.07, 6.45) is 2.01. The summed E-state index contributed by atoms with van der Waals surface area (Å²) in [6.45, 7) is 8.98. The maximum atomic E-state index is 12.9. The number of methoxy groups -OCH3 is 1. The summed E-state index contributed by atoms with van der Waals surface area (Å²) in [5.41, 5.74) is 2.30. The molecule has 210 valence electrons. The Morgan fingerprint density at radius 3 is 2.46 bits per heavy atom. The van der Waals surface area contributed by atoms with Gasteiger partial charge in [-0.05, 0) is 37.5 Å². The molecule has 0 fully saturated rings. The molecule has 0 aromatic heterocycles. The first-order valence-corrected chi connectivity index (χ1v) is 12.6. The van der Waals surface area contributed by atoms with E-state index in [1.165, 1.54) is 50.6 Å². The maximum Gasteiger partial charge on any atom is 0.274 e. The van der Waals surface area contributed by atoms with Gasteiger partial charge in [0.1, 0.15) is 18.4 Å². The van der Waals surface area contributed by atoms with Crippen molar-refractivity contribution in [2.24, 2.45) is 11.0 Å². The molecule has 0 unspecified atom stereocenters.